The number of aryl methyl sites for hydroxylation is 1. The Morgan fingerprint density at radius 2 is 2.04 bits per heavy atom. The van der Waals surface area contributed by atoms with Crippen LogP contribution in [0.25, 0.3) is 11.0 Å². The second kappa shape index (κ2) is 8.95. The fourth-order valence-corrected chi connectivity index (χ4v) is 4.76. The van der Waals surface area contributed by atoms with E-state index in [1.807, 2.05) is 6.07 Å². The van der Waals surface area contributed by atoms with Gasteiger partial charge in [-0.1, -0.05) is 25.0 Å². The third kappa shape index (κ3) is 4.32. The zero-order chi connectivity index (χ0) is 19.3. The molecule has 1 atom stereocenters. The number of benzene rings is 1. The molecule has 0 spiro atoms. The molecule has 6 nitrogen and oxygen atoms in total. The van der Waals surface area contributed by atoms with Crippen LogP contribution in [-0.4, -0.2) is 58.7 Å². The van der Waals surface area contributed by atoms with Crippen LogP contribution >= 0.6 is 0 Å². The van der Waals surface area contributed by atoms with Crippen molar-refractivity contribution in [3.8, 4) is 0 Å². The average molecular weight is 383 g/mol. The molecule has 2 N–H and O–H groups in total. The lowest BCUT2D eigenvalue weighted by Gasteiger charge is -2.24. The quantitative estimate of drug-likeness (QED) is 0.596. The largest absolute Gasteiger partial charge is 0.357 e. The molecular weight excluding hydrogens is 348 g/mol. The molecule has 6 heteroatoms. The molecule has 0 amide bonds. The van der Waals surface area contributed by atoms with E-state index >= 15 is 0 Å². The number of imidazole rings is 1. The van der Waals surface area contributed by atoms with Crippen molar-refractivity contribution in [2.24, 2.45) is 4.99 Å². The summed E-state index contributed by atoms with van der Waals surface area (Å²) in [6.45, 7) is 9.06. The third-order valence-corrected chi connectivity index (χ3v) is 6.18. The summed E-state index contributed by atoms with van der Waals surface area (Å²) in [7, 11) is 0. The van der Waals surface area contributed by atoms with Gasteiger partial charge in [-0.25, -0.2) is 4.98 Å². The van der Waals surface area contributed by atoms with Gasteiger partial charge in [-0.05, 0) is 45.2 Å². The van der Waals surface area contributed by atoms with Gasteiger partial charge < -0.3 is 15.2 Å². The lowest BCUT2D eigenvalue weighted by atomic mass is 10.2. The van der Waals surface area contributed by atoms with Gasteiger partial charge >= 0.3 is 0 Å². The van der Waals surface area contributed by atoms with E-state index in [0.29, 0.717) is 6.04 Å². The zero-order valence-electron chi connectivity index (χ0n) is 17.3. The Labute approximate surface area is 168 Å². The molecule has 4 rings (SSSR count). The van der Waals surface area contributed by atoms with Crippen molar-refractivity contribution in [3.05, 3.63) is 30.1 Å². The first-order chi connectivity index (χ1) is 13.7. The number of aromatic nitrogens is 2. The normalized spacial score (nSPS) is 21.6. The number of fused-ring (bicyclic) bond motifs is 1. The second-order valence-corrected chi connectivity index (χ2v) is 8.12. The first-order valence-electron chi connectivity index (χ1n) is 11.0. The summed E-state index contributed by atoms with van der Waals surface area (Å²) in [5.74, 6) is 2.00. The Kier molecular flexibility index (Phi) is 6.15. The lowest BCUT2D eigenvalue weighted by Crippen LogP contribution is -2.45. The van der Waals surface area contributed by atoms with Crippen LogP contribution in [0, 0.1) is 6.92 Å². The Balaban J connectivity index is 1.35. The van der Waals surface area contributed by atoms with E-state index in [-0.39, 0.29) is 0 Å². The van der Waals surface area contributed by atoms with Crippen LogP contribution in [0.1, 0.15) is 44.9 Å². The molecule has 1 aromatic carbocycles. The molecule has 2 aliphatic rings. The number of nitrogens with zero attached hydrogens (tertiary/aromatic N) is 4. The first kappa shape index (κ1) is 19.2. The molecule has 2 heterocycles. The standard InChI is InChI=1S/C22H34N6/c1-3-23-22(26-18-12-14-27(16-18)19-8-4-5-9-19)24-13-15-28-17(2)25-20-10-6-7-11-21(20)28/h6-7,10-11,18-19H,3-5,8-9,12-16H2,1-2H3,(H2,23,24,26). The maximum Gasteiger partial charge on any atom is 0.191 e. The molecule has 1 saturated heterocycles. The molecule has 0 bridgehead atoms. The van der Waals surface area contributed by atoms with Crippen LogP contribution in [0.5, 0.6) is 0 Å². The topological polar surface area (TPSA) is 57.5 Å². The maximum absolute atomic E-state index is 4.85. The predicted molar refractivity (Wildman–Crippen MR) is 116 cm³/mol. The van der Waals surface area contributed by atoms with Crippen LogP contribution in [0.4, 0.5) is 0 Å². The molecule has 1 aliphatic heterocycles. The van der Waals surface area contributed by atoms with Crippen LogP contribution in [0.15, 0.2) is 29.3 Å². The average Bonchev–Trinajstić information content (AvgIpc) is 3.42. The summed E-state index contributed by atoms with van der Waals surface area (Å²) < 4.78 is 2.26. The van der Waals surface area contributed by atoms with E-state index < -0.39 is 0 Å². The van der Waals surface area contributed by atoms with Gasteiger partial charge in [-0.15, -0.1) is 0 Å². The molecule has 1 aromatic heterocycles. The first-order valence-corrected chi connectivity index (χ1v) is 11.0. The highest BCUT2D eigenvalue weighted by molar-refractivity contribution is 5.80. The highest BCUT2D eigenvalue weighted by Gasteiger charge is 2.30. The molecule has 152 valence electrons. The zero-order valence-corrected chi connectivity index (χ0v) is 17.3. The van der Waals surface area contributed by atoms with E-state index in [2.05, 4.69) is 57.1 Å². The SMILES string of the molecule is CCNC(=NCCn1c(C)nc2ccccc21)NC1CCN(C2CCCC2)C1. The van der Waals surface area contributed by atoms with Gasteiger partial charge in [-0.2, -0.15) is 0 Å². The smallest absolute Gasteiger partial charge is 0.191 e. The molecule has 1 aliphatic carbocycles. The summed E-state index contributed by atoms with van der Waals surface area (Å²) >= 11 is 0. The highest BCUT2D eigenvalue weighted by atomic mass is 15.3. The predicted octanol–water partition coefficient (Wildman–Crippen LogP) is 2.92. The van der Waals surface area contributed by atoms with Crippen molar-refractivity contribution < 1.29 is 0 Å². The van der Waals surface area contributed by atoms with Crippen molar-refractivity contribution in [1.29, 1.82) is 0 Å². The molecule has 2 aromatic rings. The maximum atomic E-state index is 4.85. The second-order valence-electron chi connectivity index (χ2n) is 8.12. The summed E-state index contributed by atoms with van der Waals surface area (Å²) in [4.78, 5) is 12.2. The van der Waals surface area contributed by atoms with Crippen LogP contribution in [0.3, 0.4) is 0 Å². The Bertz CT molecular complexity index is 804. The van der Waals surface area contributed by atoms with E-state index in [1.54, 1.807) is 0 Å². The van der Waals surface area contributed by atoms with Crippen molar-refractivity contribution in [2.45, 2.75) is 64.6 Å². The van der Waals surface area contributed by atoms with Crippen molar-refractivity contribution >= 4 is 17.0 Å². The minimum Gasteiger partial charge on any atom is -0.357 e. The number of guanidine groups is 1. The van der Waals surface area contributed by atoms with Crippen LogP contribution in [0.2, 0.25) is 0 Å². The highest BCUT2D eigenvalue weighted by Crippen LogP contribution is 2.26. The fraction of sp³-hybridized carbons (Fsp3) is 0.636. The van der Waals surface area contributed by atoms with Crippen molar-refractivity contribution in [2.75, 3.05) is 26.2 Å². The van der Waals surface area contributed by atoms with Gasteiger partial charge in [0, 0.05) is 38.3 Å². The molecular formula is C22H34N6. The molecule has 1 saturated carbocycles. The van der Waals surface area contributed by atoms with Gasteiger partial charge in [0.05, 0.1) is 17.6 Å². The number of nitrogens with one attached hydrogen (secondary N) is 2. The van der Waals surface area contributed by atoms with Crippen LogP contribution in [-0.2, 0) is 6.54 Å². The minimum absolute atomic E-state index is 0.509. The van der Waals surface area contributed by atoms with Crippen LogP contribution < -0.4 is 10.6 Å². The van der Waals surface area contributed by atoms with Gasteiger partial charge in [0.15, 0.2) is 5.96 Å². The monoisotopic (exact) mass is 382 g/mol. The lowest BCUT2D eigenvalue weighted by molar-refractivity contribution is 0.242. The van der Waals surface area contributed by atoms with Gasteiger partial charge in [0.25, 0.3) is 0 Å². The Morgan fingerprint density at radius 3 is 2.86 bits per heavy atom. The van der Waals surface area contributed by atoms with Gasteiger partial charge in [-0.3, -0.25) is 9.89 Å². The summed E-state index contributed by atoms with van der Waals surface area (Å²) in [5.41, 5.74) is 2.25. The Morgan fingerprint density at radius 1 is 1.21 bits per heavy atom. The number of hydrogen-bond donors (Lipinski definition) is 2. The summed E-state index contributed by atoms with van der Waals surface area (Å²) in [6.07, 6.45) is 6.81. The third-order valence-electron chi connectivity index (χ3n) is 6.18. The van der Waals surface area contributed by atoms with Crippen molar-refractivity contribution in [1.82, 2.24) is 25.1 Å². The molecule has 1 unspecified atom stereocenters. The van der Waals surface area contributed by atoms with E-state index in [4.69, 9.17) is 4.99 Å². The number of aliphatic imine (C=N–C) groups is 1. The Hall–Kier alpha value is -2.08. The van der Waals surface area contributed by atoms with E-state index in [0.717, 1.165) is 49.5 Å². The number of para-hydroxylation sites is 2. The van der Waals surface area contributed by atoms with E-state index in [1.165, 1.54) is 44.2 Å². The number of hydrogen-bond acceptors (Lipinski definition) is 3. The minimum atomic E-state index is 0.509. The van der Waals surface area contributed by atoms with Gasteiger partial charge in [0.1, 0.15) is 5.82 Å². The summed E-state index contributed by atoms with van der Waals surface area (Å²) in [5, 5.41) is 7.10. The van der Waals surface area contributed by atoms with Crippen molar-refractivity contribution in [3.63, 3.8) is 0 Å². The molecule has 0 radical (unpaired) electrons. The van der Waals surface area contributed by atoms with E-state index in [9.17, 15) is 0 Å². The number of likely N-dealkylation sites (tertiary alicyclic amines) is 1. The fourth-order valence-electron chi connectivity index (χ4n) is 4.76. The van der Waals surface area contributed by atoms with Gasteiger partial charge in [0.2, 0.25) is 0 Å². The molecule has 2 fully saturated rings. The number of rotatable bonds is 6. The summed E-state index contributed by atoms with van der Waals surface area (Å²) in [6, 6.07) is 9.66. The molecule has 28 heavy (non-hydrogen) atoms.